The van der Waals surface area contributed by atoms with E-state index in [4.69, 9.17) is 4.74 Å². The minimum absolute atomic E-state index is 0.0895. The molecule has 4 aliphatic carbocycles. The van der Waals surface area contributed by atoms with Crippen molar-refractivity contribution in [2.45, 2.75) is 106 Å². The summed E-state index contributed by atoms with van der Waals surface area (Å²) in [5.41, 5.74) is 3.46. The average Bonchev–Trinajstić information content (AvgIpc) is 3.04. The summed E-state index contributed by atoms with van der Waals surface area (Å²) in [6.45, 7) is 4.04. The fourth-order valence-corrected chi connectivity index (χ4v) is 6.57. The first kappa shape index (κ1) is 22.8. The molecule has 2 saturated heterocycles. The summed E-state index contributed by atoms with van der Waals surface area (Å²) in [4.78, 5) is 12.4. The number of rotatable bonds is 7. The number of piperazine rings is 1. The fraction of sp³-hybridized carbons (Fsp3) is 0.952. The number of ether oxygens (including phenoxy) is 2. The molecule has 8 nitrogen and oxygen atoms in total. The van der Waals surface area contributed by atoms with Crippen LogP contribution in [0.2, 0.25) is 0 Å². The maximum Gasteiger partial charge on any atom is 0.522 e. The molecule has 0 aromatic carbocycles. The van der Waals surface area contributed by atoms with E-state index in [9.17, 15) is 18.0 Å². The van der Waals surface area contributed by atoms with E-state index in [2.05, 4.69) is 38.0 Å². The maximum atomic E-state index is 12.4. The van der Waals surface area contributed by atoms with Crippen molar-refractivity contribution in [2.24, 2.45) is 0 Å². The van der Waals surface area contributed by atoms with E-state index in [-0.39, 0.29) is 42.3 Å². The molecule has 0 radical (unpaired) electrons. The third-order valence-corrected chi connectivity index (χ3v) is 7.71. The van der Waals surface area contributed by atoms with Crippen molar-refractivity contribution in [3.63, 3.8) is 0 Å². The standard InChI is InChI=1S/C21H34F3N5O3/c1-13-7-16-18(25-5-6-29(16)28-13)27-20-10-19(11-20,12-20)26-17(30)9-31-14-3-2-4-15(8-14)32-21(22,23)24/h13-16,18,25,27-28H,2-12H2,1H3,(H,26,30). The van der Waals surface area contributed by atoms with Crippen LogP contribution in [0.3, 0.4) is 0 Å². The van der Waals surface area contributed by atoms with Gasteiger partial charge in [-0.3, -0.25) is 25.6 Å². The lowest BCUT2D eigenvalue weighted by Crippen LogP contribution is -2.86. The van der Waals surface area contributed by atoms with Crippen molar-refractivity contribution >= 4 is 5.91 Å². The number of carbonyl (C=O) groups excluding carboxylic acids is 1. The highest BCUT2D eigenvalue weighted by Gasteiger charge is 2.69. The Bertz CT molecular complexity index is 704. The molecule has 4 saturated carbocycles. The number of fused-ring (bicyclic) bond motifs is 1. The minimum atomic E-state index is -4.63. The van der Waals surface area contributed by atoms with Crippen molar-refractivity contribution in [1.82, 2.24) is 26.4 Å². The summed E-state index contributed by atoms with van der Waals surface area (Å²) >= 11 is 0. The molecule has 2 heterocycles. The van der Waals surface area contributed by atoms with Crippen molar-refractivity contribution in [3.05, 3.63) is 0 Å². The molecule has 11 heteroatoms. The fourth-order valence-electron chi connectivity index (χ4n) is 6.57. The van der Waals surface area contributed by atoms with Crippen LogP contribution in [0.25, 0.3) is 0 Å². The van der Waals surface area contributed by atoms with Gasteiger partial charge in [0.15, 0.2) is 0 Å². The number of hydrogen-bond donors (Lipinski definition) is 4. The Labute approximate surface area is 186 Å². The Morgan fingerprint density at radius 2 is 1.91 bits per heavy atom. The normalized spacial score (nSPS) is 43.8. The summed E-state index contributed by atoms with van der Waals surface area (Å²) in [7, 11) is 0. The quantitative estimate of drug-likeness (QED) is 0.452. The van der Waals surface area contributed by atoms with Gasteiger partial charge in [-0.2, -0.15) is 0 Å². The number of amides is 1. The summed E-state index contributed by atoms with van der Waals surface area (Å²) in [5, 5.41) is 12.9. The van der Waals surface area contributed by atoms with E-state index in [0.29, 0.717) is 31.3 Å². The van der Waals surface area contributed by atoms with Crippen LogP contribution in [0, 0.1) is 0 Å². The predicted molar refractivity (Wildman–Crippen MR) is 109 cm³/mol. The lowest BCUT2D eigenvalue weighted by atomic mass is 9.44. The van der Waals surface area contributed by atoms with Crippen molar-refractivity contribution < 1.29 is 27.4 Å². The number of carbonyl (C=O) groups is 1. The summed E-state index contributed by atoms with van der Waals surface area (Å²) in [5.74, 6) is -0.187. The smallest absolute Gasteiger partial charge is 0.368 e. The van der Waals surface area contributed by atoms with Crippen LogP contribution in [0.5, 0.6) is 0 Å². The first-order valence-electron chi connectivity index (χ1n) is 11.8. The Kier molecular flexibility index (Phi) is 5.95. The largest absolute Gasteiger partial charge is 0.522 e. The molecule has 0 spiro atoms. The zero-order chi connectivity index (χ0) is 22.6. The van der Waals surface area contributed by atoms with Gasteiger partial charge < -0.3 is 10.1 Å². The zero-order valence-corrected chi connectivity index (χ0v) is 18.5. The molecule has 2 bridgehead atoms. The molecule has 6 aliphatic rings. The molecule has 5 unspecified atom stereocenters. The van der Waals surface area contributed by atoms with Crippen LogP contribution in [0.1, 0.15) is 58.3 Å². The number of nitrogens with zero attached hydrogens (tertiary/aromatic N) is 1. The Morgan fingerprint density at radius 1 is 1.16 bits per heavy atom. The number of alkyl halides is 3. The van der Waals surface area contributed by atoms with Crippen LogP contribution in [-0.2, 0) is 14.3 Å². The van der Waals surface area contributed by atoms with E-state index in [1.54, 1.807) is 0 Å². The van der Waals surface area contributed by atoms with Crippen LogP contribution in [-0.4, -0.2) is 78.5 Å². The second kappa shape index (κ2) is 8.35. The van der Waals surface area contributed by atoms with Gasteiger partial charge in [-0.05, 0) is 51.9 Å². The molecule has 0 aromatic heterocycles. The first-order valence-corrected chi connectivity index (χ1v) is 11.8. The number of hydrazine groups is 1. The van der Waals surface area contributed by atoms with Gasteiger partial charge in [0.1, 0.15) is 6.61 Å². The van der Waals surface area contributed by atoms with E-state index in [1.807, 2.05) is 0 Å². The molecule has 1 amide bonds. The summed E-state index contributed by atoms with van der Waals surface area (Å²) in [6, 6.07) is 0.926. The average molecular weight is 462 g/mol. The highest BCUT2D eigenvalue weighted by atomic mass is 19.4. The van der Waals surface area contributed by atoms with Crippen molar-refractivity contribution in [3.8, 4) is 0 Å². The molecule has 5 atom stereocenters. The zero-order valence-electron chi connectivity index (χ0n) is 18.5. The molecule has 2 aliphatic heterocycles. The maximum absolute atomic E-state index is 12.4. The highest BCUT2D eigenvalue weighted by Crippen LogP contribution is 2.60. The van der Waals surface area contributed by atoms with Gasteiger partial charge in [0.2, 0.25) is 5.91 Å². The van der Waals surface area contributed by atoms with E-state index in [1.165, 1.54) is 0 Å². The van der Waals surface area contributed by atoms with Gasteiger partial charge in [-0.15, -0.1) is 13.2 Å². The molecule has 0 aromatic rings. The van der Waals surface area contributed by atoms with Gasteiger partial charge in [-0.25, -0.2) is 5.01 Å². The molecular formula is C21H34F3N5O3. The number of nitrogens with one attached hydrogen (secondary N) is 4. The summed E-state index contributed by atoms with van der Waals surface area (Å²) in [6.07, 6.45) is -0.00902. The van der Waals surface area contributed by atoms with Gasteiger partial charge in [-0.1, -0.05) is 0 Å². The van der Waals surface area contributed by atoms with E-state index < -0.39 is 12.5 Å². The van der Waals surface area contributed by atoms with Crippen molar-refractivity contribution in [2.75, 3.05) is 19.7 Å². The van der Waals surface area contributed by atoms with Gasteiger partial charge in [0.05, 0.1) is 24.4 Å². The molecule has 6 rings (SSSR count). The topological polar surface area (TPSA) is 86.9 Å². The Hall–Kier alpha value is -0.980. The molecule has 6 fully saturated rings. The Balaban J connectivity index is 1.03. The third kappa shape index (κ3) is 4.78. The second-order valence-corrected chi connectivity index (χ2v) is 10.5. The molecule has 182 valence electrons. The van der Waals surface area contributed by atoms with Crippen LogP contribution >= 0.6 is 0 Å². The third-order valence-electron chi connectivity index (χ3n) is 7.71. The molecular weight excluding hydrogens is 427 g/mol. The number of hydrogen-bond acceptors (Lipinski definition) is 7. The molecule has 4 N–H and O–H groups in total. The summed E-state index contributed by atoms with van der Waals surface area (Å²) < 4.78 is 47.1. The van der Waals surface area contributed by atoms with Crippen LogP contribution < -0.4 is 21.4 Å². The lowest BCUT2D eigenvalue weighted by Gasteiger charge is -2.71. The first-order chi connectivity index (χ1) is 15.1. The van der Waals surface area contributed by atoms with Crippen LogP contribution in [0.15, 0.2) is 0 Å². The number of halogens is 3. The van der Waals surface area contributed by atoms with Crippen LogP contribution in [0.4, 0.5) is 13.2 Å². The van der Waals surface area contributed by atoms with E-state index >= 15 is 0 Å². The van der Waals surface area contributed by atoms with Crippen molar-refractivity contribution in [1.29, 1.82) is 0 Å². The van der Waals surface area contributed by atoms with E-state index in [0.717, 1.165) is 38.8 Å². The highest BCUT2D eigenvalue weighted by molar-refractivity contribution is 5.79. The monoisotopic (exact) mass is 461 g/mol. The predicted octanol–water partition coefficient (Wildman–Crippen LogP) is 1.13. The SMILES string of the molecule is CC1CC2C(NC34CC(NC(=O)COC5CCCC(OC(F)(F)F)C5)(C3)C4)NCCN2N1. The molecule has 32 heavy (non-hydrogen) atoms. The minimum Gasteiger partial charge on any atom is -0.368 e. The lowest BCUT2D eigenvalue weighted by molar-refractivity contribution is -0.347. The Morgan fingerprint density at radius 3 is 2.66 bits per heavy atom. The second-order valence-electron chi connectivity index (χ2n) is 10.5. The van der Waals surface area contributed by atoms with Gasteiger partial charge >= 0.3 is 6.36 Å². The van der Waals surface area contributed by atoms with Gasteiger partial charge in [0, 0.05) is 36.6 Å². The van der Waals surface area contributed by atoms with Gasteiger partial charge in [0.25, 0.3) is 0 Å².